The van der Waals surface area contributed by atoms with Crippen LogP contribution in [0.5, 0.6) is 0 Å². The molecular formula is C13H18N2O2. The molecule has 0 spiro atoms. The van der Waals surface area contributed by atoms with Crippen LogP contribution < -0.4 is 0 Å². The van der Waals surface area contributed by atoms with E-state index in [2.05, 4.69) is 4.98 Å². The van der Waals surface area contributed by atoms with Crippen molar-refractivity contribution >= 4 is 5.91 Å². The van der Waals surface area contributed by atoms with Crippen molar-refractivity contribution < 1.29 is 9.53 Å². The fraction of sp³-hybridized carbons (Fsp3) is 0.538. The molecule has 0 atom stereocenters. The molecular weight excluding hydrogens is 216 g/mol. The number of nitrogens with zero attached hydrogens (tertiary/aromatic N) is 2. The molecule has 0 aromatic carbocycles. The van der Waals surface area contributed by atoms with Crippen LogP contribution in [-0.2, 0) is 4.74 Å². The number of amides is 1. The minimum Gasteiger partial charge on any atom is -0.348 e. The van der Waals surface area contributed by atoms with Gasteiger partial charge in [-0.05, 0) is 39.8 Å². The van der Waals surface area contributed by atoms with Crippen LogP contribution in [0.4, 0.5) is 0 Å². The normalized spacial score (nSPS) is 21.5. The second-order valence-electron chi connectivity index (χ2n) is 5.44. The molecule has 1 aliphatic rings. The number of ether oxygens (including phenoxy) is 1. The fourth-order valence-corrected chi connectivity index (χ4v) is 2.30. The first-order chi connectivity index (χ1) is 7.82. The molecule has 1 fully saturated rings. The van der Waals surface area contributed by atoms with E-state index < -0.39 is 5.72 Å². The lowest BCUT2D eigenvalue weighted by Crippen LogP contribution is -2.43. The summed E-state index contributed by atoms with van der Waals surface area (Å²) in [6.45, 7) is 8.40. The van der Waals surface area contributed by atoms with Crippen LogP contribution in [0.2, 0.25) is 0 Å². The standard InChI is InChI=1S/C13H18N2O2/c1-12(2)9-15(13(3,4)17-12)11(16)10-6-5-7-14-8-10/h5-8H,9H2,1-4H3. The van der Waals surface area contributed by atoms with E-state index in [9.17, 15) is 4.79 Å². The number of rotatable bonds is 1. The smallest absolute Gasteiger partial charge is 0.257 e. The lowest BCUT2D eigenvalue weighted by molar-refractivity contribution is -0.0947. The predicted octanol–water partition coefficient (Wildman–Crippen LogP) is 2.07. The average molecular weight is 234 g/mol. The van der Waals surface area contributed by atoms with E-state index in [1.54, 1.807) is 29.4 Å². The van der Waals surface area contributed by atoms with Crippen LogP contribution in [0.15, 0.2) is 24.5 Å². The summed E-state index contributed by atoms with van der Waals surface area (Å²) in [5.74, 6) is -0.0336. The van der Waals surface area contributed by atoms with E-state index in [1.165, 1.54) is 0 Å². The first-order valence-electron chi connectivity index (χ1n) is 5.74. The molecule has 17 heavy (non-hydrogen) atoms. The Kier molecular flexibility index (Phi) is 2.70. The fourth-order valence-electron chi connectivity index (χ4n) is 2.30. The van der Waals surface area contributed by atoms with Gasteiger partial charge in [-0.1, -0.05) is 0 Å². The Bertz CT molecular complexity index is 426. The lowest BCUT2D eigenvalue weighted by atomic mass is 10.1. The lowest BCUT2D eigenvalue weighted by Gasteiger charge is -2.29. The monoisotopic (exact) mass is 234 g/mol. The third kappa shape index (κ3) is 2.31. The molecule has 0 aliphatic carbocycles. The molecule has 1 aromatic heterocycles. The van der Waals surface area contributed by atoms with E-state index in [0.717, 1.165) is 0 Å². The number of pyridine rings is 1. The maximum absolute atomic E-state index is 12.4. The molecule has 1 aromatic rings. The Morgan fingerprint density at radius 1 is 1.41 bits per heavy atom. The Hall–Kier alpha value is -1.42. The zero-order valence-corrected chi connectivity index (χ0v) is 10.7. The predicted molar refractivity (Wildman–Crippen MR) is 64.5 cm³/mol. The van der Waals surface area contributed by atoms with Gasteiger partial charge in [-0.2, -0.15) is 0 Å². The highest BCUT2D eigenvalue weighted by Crippen LogP contribution is 2.34. The molecule has 92 valence electrons. The van der Waals surface area contributed by atoms with Gasteiger partial charge in [-0.3, -0.25) is 9.78 Å². The quantitative estimate of drug-likeness (QED) is 0.747. The highest BCUT2D eigenvalue weighted by Gasteiger charge is 2.46. The second-order valence-corrected chi connectivity index (χ2v) is 5.44. The highest BCUT2D eigenvalue weighted by molar-refractivity contribution is 5.94. The molecule has 0 radical (unpaired) electrons. The molecule has 1 aliphatic heterocycles. The van der Waals surface area contributed by atoms with E-state index in [4.69, 9.17) is 4.74 Å². The van der Waals surface area contributed by atoms with Crippen molar-refractivity contribution in [2.24, 2.45) is 0 Å². The zero-order valence-electron chi connectivity index (χ0n) is 10.7. The van der Waals surface area contributed by atoms with Gasteiger partial charge in [0, 0.05) is 12.4 Å². The van der Waals surface area contributed by atoms with Gasteiger partial charge in [0.1, 0.15) is 5.72 Å². The largest absolute Gasteiger partial charge is 0.348 e. The van der Waals surface area contributed by atoms with Crippen LogP contribution >= 0.6 is 0 Å². The van der Waals surface area contributed by atoms with Crippen LogP contribution in [0.25, 0.3) is 0 Å². The molecule has 0 saturated carbocycles. The van der Waals surface area contributed by atoms with Gasteiger partial charge in [0.15, 0.2) is 0 Å². The molecule has 2 rings (SSSR count). The van der Waals surface area contributed by atoms with Crippen LogP contribution in [0, 0.1) is 0 Å². The molecule has 4 nitrogen and oxygen atoms in total. The Balaban J connectivity index is 2.27. The van der Waals surface area contributed by atoms with Gasteiger partial charge in [0.05, 0.1) is 17.7 Å². The number of carbonyl (C=O) groups is 1. The van der Waals surface area contributed by atoms with E-state index in [0.29, 0.717) is 12.1 Å². The molecule has 0 N–H and O–H groups in total. The van der Waals surface area contributed by atoms with E-state index >= 15 is 0 Å². The average Bonchev–Trinajstić information content (AvgIpc) is 2.47. The Morgan fingerprint density at radius 2 is 2.12 bits per heavy atom. The van der Waals surface area contributed by atoms with Crippen LogP contribution in [0.3, 0.4) is 0 Å². The first-order valence-corrected chi connectivity index (χ1v) is 5.74. The summed E-state index contributed by atoms with van der Waals surface area (Å²) in [6.07, 6.45) is 3.25. The second kappa shape index (κ2) is 3.81. The maximum Gasteiger partial charge on any atom is 0.257 e. The van der Waals surface area contributed by atoms with Gasteiger partial charge in [-0.15, -0.1) is 0 Å². The molecule has 0 unspecified atom stereocenters. The van der Waals surface area contributed by atoms with Crippen molar-refractivity contribution in [1.29, 1.82) is 0 Å². The molecule has 1 amide bonds. The van der Waals surface area contributed by atoms with Gasteiger partial charge < -0.3 is 9.64 Å². The van der Waals surface area contributed by atoms with Crippen molar-refractivity contribution in [2.45, 2.75) is 39.0 Å². The van der Waals surface area contributed by atoms with Gasteiger partial charge >= 0.3 is 0 Å². The topological polar surface area (TPSA) is 42.4 Å². The highest BCUT2D eigenvalue weighted by atomic mass is 16.6. The Morgan fingerprint density at radius 3 is 2.59 bits per heavy atom. The van der Waals surface area contributed by atoms with Crippen molar-refractivity contribution in [3.8, 4) is 0 Å². The summed E-state index contributed by atoms with van der Waals surface area (Å²) >= 11 is 0. The number of hydrogen-bond acceptors (Lipinski definition) is 3. The maximum atomic E-state index is 12.4. The summed E-state index contributed by atoms with van der Waals surface area (Å²) in [5, 5.41) is 0. The summed E-state index contributed by atoms with van der Waals surface area (Å²) < 4.78 is 5.88. The molecule has 0 bridgehead atoms. The number of carbonyl (C=O) groups excluding carboxylic acids is 1. The molecule has 1 saturated heterocycles. The molecule has 4 heteroatoms. The Labute approximate surface area is 102 Å². The summed E-state index contributed by atoms with van der Waals surface area (Å²) in [7, 11) is 0. The summed E-state index contributed by atoms with van der Waals surface area (Å²) in [5.41, 5.74) is -0.278. The van der Waals surface area contributed by atoms with Crippen molar-refractivity contribution in [2.75, 3.05) is 6.54 Å². The number of hydrogen-bond donors (Lipinski definition) is 0. The van der Waals surface area contributed by atoms with Gasteiger partial charge in [-0.25, -0.2) is 0 Å². The molecule has 2 heterocycles. The first kappa shape index (κ1) is 12.0. The minimum atomic E-state index is -0.573. The van der Waals surface area contributed by atoms with Crippen molar-refractivity contribution in [3.63, 3.8) is 0 Å². The summed E-state index contributed by atoms with van der Waals surface area (Å²) in [6, 6.07) is 3.54. The van der Waals surface area contributed by atoms with Crippen LogP contribution in [-0.4, -0.2) is 33.7 Å². The van der Waals surface area contributed by atoms with E-state index in [-0.39, 0.29) is 11.5 Å². The van der Waals surface area contributed by atoms with Gasteiger partial charge in [0.25, 0.3) is 5.91 Å². The van der Waals surface area contributed by atoms with Crippen LogP contribution in [0.1, 0.15) is 38.1 Å². The van der Waals surface area contributed by atoms with Gasteiger partial charge in [0.2, 0.25) is 0 Å². The third-order valence-electron chi connectivity index (χ3n) is 2.87. The minimum absolute atomic E-state index is 0.0336. The third-order valence-corrected chi connectivity index (χ3v) is 2.87. The van der Waals surface area contributed by atoms with Crippen molar-refractivity contribution in [1.82, 2.24) is 9.88 Å². The number of aromatic nitrogens is 1. The SMILES string of the molecule is CC1(C)CN(C(=O)c2cccnc2)C(C)(C)O1. The van der Waals surface area contributed by atoms with Crippen molar-refractivity contribution in [3.05, 3.63) is 30.1 Å². The zero-order chi connectivity index (χ0) is 12.7. The summed E-state index contributed by atoms with van der Waals surface area (Å²) in [4.78, 5) is 18.1. The van der Waals surface area contributed by atoms with E-state index in [1.807, 2.05) is 27.7 Å².